The third-order valence-corrected chi connectivity index (χ3v) is 3.71. The predicted molar refractivity (Wildman–Crippen MR) is 93.6 cm³/mol. The zero-order valence-electron chi connectivity index (χ0n) is 14.0. The number of aromatic nitrogens is 2. The molecule has 0 aliphatic carbocycles. The number of imidazole rings is 1. The lowest BCUT2D eigenvalue weighted by atomic mass is 10.2. The fraction of sp³-hybridized carbons (Fsp3) is 0.105. The third-order valence-electron chi connectivity index (χ3n) is 3.71. The number of halogens is 1. The summed E-state index contributed by atoms with van der Waals surface area (Å²) in [7, 11) is 0. The van der Waals surface area contributed by atoms with E-state index in [1.165, 1.54) is 41.4 Å². The number of esters is 1. The van der Waals surface area contributed by atoms with Crippen LogP contribution < -0.4 is 5.32 Å². The molecule has 0 aliphatic heterocycles. The molecule has 0 saturated heterocycles. The van der Waals surface area contributed by atoms with Gasteiger partial charge in [-0.15, -0.1) is 0 Å². The molecule has 1 aromatic heterocycles. The topological polar surface area (TPSA) is 73.2 Å². The zero-order valence-corrected chi connectivity index (χ0v) is 14.0. The Morgan fingerprint density at radius 3 is 2.62 bits per heavy atom. The highest BCUT2D eigenvalue weighted by molar-refractivity contribution is 5.95. The van der Waals surface area contributed by atoms with E-state index in [-0.39, 0.29) is 11.5 Å². The van der Waals surface area contributed by atoms with Crippen LogP contribution in [0.15, 0.2) is 61.1 Å². The smallest absolute Gasteiger partial charge is 0.357 e. The lowest BCUT2D eigenvalue weighted by Crippen LogP contribution is -2.22. The van der Waals surface area contributed by atoms with E-state index in [0.717, 1.165) is 5.56 Å². The lowest BCUT2D eigenvalue weighted by Gasteiger charge is -2.10. The Morgan fingerprint density at radius 2 is 1.88 bits per heavy atom. The molecule has 1 N–H and O–H groups in total. The van der Waals surface area contributed by atoms with Crippen molar-refractivity contribution < 1.29 is 18.7 Å². The number of aryl methyl sites for hydroxylation is 1. The number of hydrogen-bond acceptors (Lipinski definition) is 4. The summed E-state index contributed by atoms with van der Waals surface area (Å²) in [6.07, 6.45) is 2.74. The molecule has 132 valence electrons. The summed E-state index contributed by atoms with van der Waals surface area (Å²) >= 11 is 0. The van der Waals surface area contributed by atoms with Crippen molar-refractivity contribution in [3.63, 3.8) is 0 Å². The van der Waals surface area contributed by atoms with Gasteiger partial charge in [0, 0.05) is 11.4 Å². The van der Waals surface area contributed by atoms with E-state index in [1.807, 2.05) is 19.1 Å². The number of nitrogens with zero attached hydrogens (tertiary/aromatic N) is 2. The zero-order chi connectivity index (χ0) is 18.5. The minimum absolute atomic E-state index is 0.139. The maximum absolute atomic E-state index is 13.0. The van der Waals surface area contributed by atoms with Crippen molar-refractivity contribution in [1.29, 1.82) is 0 Å². The Bertz CT molecular complexity index is 935. The number of anilines is 1. The summed E-state index contributed by atoms with van der Waals surface area (Å²) in [4.78, 5) is 28.1. The highest BCUT2D eigenvalue weighted by Gasteiger charge is 2.16. The van der Waals surface area contributed by atoms with E-state index in [0.29, 0.717) is 11.4 Å². The Morgan fingerprint density at radius 1 is 1.15 bits per heavy atom. The second-order valence-electron chi connectivity index (χ2n) is 5.56. The van der Waals surface area contributed by atoms with Gasteiger partial charge in [-0.05, 0) is 42.8 Å². The second-order valence-corrected chi connectivity index (χ2v) is 5.56. The first-order chi connectivity index (χ1) is 12.5. The molecule has 0 saturated carbocycles. The second kappa shape index (κ2) is 7.60. The number of ether oxygens (including phenoxy) is 1. The van der Waals surface area contributed by atoms with E-state index in [1.54, 1.807) is 12.1 Å². The molecule has 0 atom stereocenters. The number of benzene rings is 2. The van der Waals surface area contributed by atoms with Crippen LogP contribution in [-0.4, -0.2) is 28.0 Å². The average molecular weight is 353 g/mol. The van der Waals surface area contributed by atoms with Crippen molar-refractivity contribution in [1.82, 2.24) is 9.55 Å². The van der Waals surface area contributed by atoms with Crippen molar-refractivity contribution >= 4 is 17.6 Å². The Kier molecular flexibility index (Phi) is 5.07. The molecule has 0 unspecified atom stereocenters. The van der Waals surface area contributed by atoms with Gasteiger partial charge in [0.2, 0.25) is 0 Å². The molecule has 6 nitrogen and oxygen atoms in total. The predicted octanol–water partition coefficient (Wildman–Crippen LogP) is 3.12. The molecule has 3 aromatic rings. The van der Waals surface area contributed by atoms with Crippen LogP contribution in [0.3, 0.4) is 0 Å². The number of para-hydroxylation sites is 1. The van der Waals surface area contributed by atoms with E-state index in [9.17, 15) is 14.0 Å². The molecule has 0 radical (unpaired) electrons. The van der Waals surface area contributed by atoms with E-state index in [4.69, 9.17) is 4.74 Å². The molecule has 0 fully saturated rings. The molecule has 3 rings (SSSR count). The molecule has 0 bridgehead atoms. The van der Waals surface area contributed by atoms with Gasteiger partial charge < -0.3 is 10.1 Å². The van der Waals surface area contributed by atoms with Gasteiger partial charge in [-0.3, -0.25) is 9.36 Å². The van der Waals surface area contributed by atoms with Crippen LogP contribution in [0.25, 0.3) is 5.69 Å². The molecular formula is C19H16FN3O3. The summed E-state index contributed by atoms with van der Waals surface area (Å²) in [5.74, 6) is -1.53. The van der Waals surface area contributed by atoms with Gasteiger partial charge in [-0.2, -0.15) is 0 Å². The third kappa shape index (κ3) is 3.94. The van der Waals surface area contributed by atoms with Crippen LogP contribution in [0, 0.1) is 12.7 Å². The van der Waals surface area contributed by atoms with Crippen molar-refractivity contribution in [2.75, 3.05) is 11.9 Å². The number of rotatable bonds is 5. The van der Waals surface area contributed by atoms with Crippen LogP contribution in [0.1, 0.15) is 16.1 Å². The van der Waals surface area contributed by atoms with Crippen molar-refractivity contribution in [3.8, 4) is 5.69 Å². The summed E-state index contributed by atoms with van der Waals surface area (Å²) in [5, 5.41) is 2.68. The largest absolute Gasteiger partial charge is 0.451 e. The minimum Gasteiger partial charge on any atom is -0.451 e. The Hall–Kier alpha value is -3.48. The highest BCUT2D eigenvalue weighted by Crippen LogP contribution is 2.14. The normalized spacial score (nSPS) is 10.4. The lowest BCUT2D eigenvalue weighted by molar-refractivity contribution is -0.119. The van der Waals surface area contributed by atoms with Crippen LogP contribution in [-0.2, 0) is 9.53 Å². The summed E-state index contributed by atoms with van der Waals surface area (Å²) in [6.45, 7) is 1.44. The van der Waals surface area contributed by atoms with Crippen LogP contribution >= 0.6 is 0 Å². The van der Waals surface area contributed by atoms with Crippen molar-refractivity contribution in [3.05, 3.63) is 78.1 Å². The SMILES string of the molecule is Cc1ccccc1NC(=O)COC(=O)c1cncn1-c1ccc(F)cc1. The number of nitrogens with one attached hydrogen (secondary N) is 1. The molecule has 26 heavy (non-hydrogen) atoms. The summed E-state index contributed by atoms with van der Waals surface area (Å²) in [5.41, 5.74) is 2.26. The molecular weight excluding hydrogens is 337 g/mol. The van der Waals surface area contributed by atoms with E-state index in [2.05, 4.69) is 10.3 Å². The van der Waals surface area contributed by atoms with Crippen LogP contribution in [0.5, 0.6) is 0 Å². The van der Waals surface area contributed by atoms with Gasteiger partial charge in [-0.1, -0.05) is 18.2 Å². The molecule has 7 heteroatoms. The maximum Gasteiger partial charge on any atom is 0.357 e. The fourth-order valence-electron chi connectivity index (χ4n) is 2.36. The summed E-state index contributed by atoms with van der Waals surface area (Å²) < 4.78 is 19.6. The molecule has 1 heterocycles. The molecule has 2 aromatic carbocycles. The quantitative estimate of drug-likeness (QED) is 0.715. The standard InChI is InChI=1S/C19H16FN3O3/c1-13-4-2-3-5-16(13)22-18(24)11-26-19(25)17-10-21-12-23(17)15-8-6-14(20)7-9-15/h2-10,12H,11H2,1H3,(H,22,24). The highest BCUT2D eigenvalue weighted by atomic mass is 19.1. The van der Waals surface area contributed by atoms with E-state index >= 15 is 0 Å². The van der Waals surface area contributed by atoms with Gasteiger partial charge in [0.25, 0.3) is 5.91 Å². The molecule has 1 amide bonds. The average Bonchev–Trinajstić information content (AvgIpc) is 3.12. The fourth-order valence-corrected chi connectivity index (χ4v) is 2.36. The summed E-state index contributed by atoms with van der Waals surface area (Å²) in [6, 6.07) is 12.9. The number of amides is 1. The number of carbonyl (C=O) groups is 2. The maximum atomic E-state index is 13.0. The van der Waals surface area contributed by atoms with Gasteiger partial charge >= 0.3 is 5.97 Å². The van der Waals surface area contributed by atoms with Gasteiger partial charge in [-0.25, -0.2) is 14.2 Å². The van der Waals surface area contributed by atoms with E-state index < -0.39 is 18.5 Å². The first-order valence-electron chi connectivity index (χ1n) is 7.85. The monoisotopic (exact) mass is 353 g/mol. The first kappa shape index (κ1) is 17.3. The van der Waals surface area contributed by atoms with Gasteiger partial charge in [0.1, 0.15) is 5.82 Å². The van der Waals surface area contributed by atoms with Crippen LogP contribution in [0.2, 0.25) is 0 Å². The van der Waals surface area contributed by atoms with Crippen LogP contribution in [0.4, 0.5) is 10.1 Å². The first-order valence-corrected chi connectivity index (χ1v) is 7.85. The number of hydrogen-bond donors (Lipinski definition) is 1. The van der Waals surface area contributed by atoms with Gasteiger partial charge in [0.15, 0.2) is 12.3 Å². The molecule has 0 spiro atoms. The minimum atomic E-state index is -0.702. The Labute approximate surface area is 149 Å². The van der Waals surface area contributed by atoms with Crippen molar-refractivity contribution in [2.45, 2.75) is 6.92 Å². The number of carbonyl (C=O) groups excluding carboxylic acids is 2. The molecule has 0 aliphatic rings. The van der Waals surface area contributed by atoms with Gasteiger partial charge in [0.05, 0.1) is 12.5 Å². The Balaban J connectivity index is 1.64. The van der Waals surface area contributed by atoms with Crippen molar-refractivity contribution in [2.24, 2.45) is 0 Å².